The molecule has 1 heterocycles. The average Bonchev–Trinajstić information content (AvgIpc) is 3.15. The molecule has 1 unspecified atom stereocenters. The summed E-state index contributed by atoms with van der Waals surface area (Å²) >= 11 is 3.39. The number of hydrogen-bond donors (Lipinski definition) is 1. The number of benzene rings is 2. The van der Waals surface area contributed by atoms with Crippen LogP contribution in [-0.2, 0) is 14.8 Å². The third kappa shape index (κ3) is 4.02. The van der Waals surface area contributed by atoms with Gasteiger partial charge in [0.25, 0.3) is 0 Å². The van der Waals surface area contributed by atoms with Crippen LogP contribution in [-0.4, -0.2) is 38.3 Å². The Morgan fingerprint density at radius 1 is 1.26 bits per heavy atom. The van der Waals surface area contributed by atoms with E-state index < -0.39 is 16.1 Å². The van der Waals surface area contributed by atoms with E-state index in [1.807, 2.05) is 18.2 Å². The van der Waals surface area contributed by atoms with E-state index in [0.29, 0.717) is 36.4 Å². The second kappa shape index (κ2) is 8.00. The molecule has 3 rings (SSSR count). The quantitative estimate of drug-likeness (QED) is 0.752. The van der Waals surface area contributed by atoms with Crippen molar-refractivity contribution < 1.29 is 17.9 Å². The zero-order valence-corrected chi connectivity index (χ0v) is 17.5. The maximum Gasteiger partial charge on any atom is 0.244 e. The Bertz CT molecular complexity index is 962. The van der Waals surface area contributed by atoms with Crippen molar-refractivity contribution in [2.75, 3.05) is 19.0 Å². The van der Waals surface area contributed by atoms with Crippen LogP contribution in [0.4, 0.5) is 5.69 Å². The molecule has 1 amide bonds. The molecule has 0 spiro atoms. The van der Waals surface area contributed by atoms with Gasteiger partial charge in [-0.2, -0.15) is 4.31 Å². The average molecular weight is 453 g/mol. The number of nitrogens with zero attached hydrogens (tertiary/aromatic N) is 1. The van der Waals surface area contributed by atoms with E-state index in [0.717, 1.165) is 4.47 Å². The first-order valence-electron chi connectivity index (χ1n) is 8.56. The molecule has 144 valence electrons. The normalized spacial score (nSPS) is 17.7. The minimum atomic E-state index is -3.82. The van der Waals surface area contributed by atoms with Crippen molar-refractivity contribution in [3.63, 3.8) is 0 Å². The number of nitrogens with one attached hydrogen (secondary N) is 1. The summed E-state index contributed by atoms with van der Waals surface area (Å²) in [5, 5.41) is 2.83. The molecule has 0 aliphatic carbocycles. The molecule has 6 nitrogen and oxygen atoms in total. The van der Waals surface area contributed by atoms with Gasteiger partial charge in [-0.15, -0.1) is 0 Å². The number of sulfonamides is 1. The summed E-state index contributed by atoms with van der Waals surface area (Å²) in [6.07, 6.45) is 1.12. The van der Waals surface area contributed by atoms with Gasteiger partial charge in [-0.05, 0) is 59.5 Å². The summed E-state index contributed by atoms with van der Waals surface area (Å²) in [5.41, 5.74) is 1.23. The number of carbonyl (C=O) groups is 1. The van der Waals surface area contributed by atoms with Gasteiger partial charge in [0.05, 0.1) is 17.7 Å². The Morgan fingerprint density at radius 3 is 2.70 bits per heavy atom. The van der Waals surface area contributed by atoms with Crippen LogP contribution in [0.15, 0.2) is 51.8 Å². The lowest BCUT2D eigenvalue weighted by Crippen LogP contribution is -2.43. The number of amides is 1. The number of rotatable bonds is 5. The van der Waals surface area contributed by atoms with Crippen LogP contribution in [0, 0.1) is 6.92 Å². The summed E-state index contributed by atoms with van der Waals surface area (Å²) in [4.78, 5) is 13.0. The molecule has 27 heavy (non-hydrogen) atoms. The third-order valence-electron chi connectivity index (χ3n) is 4.62. The van der Waals surface area contributed by atoms with Gasteiger partial charge in [-0.3, -0.25) is 4.79 Å². The zero-order chi connectivity index (χ0) is 19.6. The zero-order valence-electron chi connectivity index (χ0n) is 15.1. The number of halogens is 1. The third-order valence-corrected chi connectivity index (χ3v) is 7.36. The van der Waals surface area contributed by atoms with Crippen molar-refractivity contribution in [2.45, 2.75) is 30.7 Å². The number of ether oxygens (including phenoxy) is 1. The molecule has 1 N–H and O–H groups in total. The van der Waals surface area contributed by atoms with Crippen LogP contribution in [0.3, 0.4) is 0 Å². The summed E-state index contributed by atoms with van der Waals surface area (Å²) in [6.45, 7) is 2.05. The van der Waals surface area contributed by atoms with Crippen LogP contribution in [0.2, 0.25) is 0 Å². The molecule has 2 aromatic carbocycles. The van der Waals surface area contributed by atoms with E-state index in [9.17, 15) is 13.2 Å². The van der Waals surface area contributed by atoms with Gasteiger partial charge in [-0.25, -0.2) is 8.42 Å². The highest BCUT2D eigenvalue weighted by Crippen LogP contribution is 2.31. The van der Waals surface area contributed by atoms with Crippen molar-refractivity contribution in [1.82, 2.24) is 4.31 Å². The summed E-state index contributed by atoms with van der Waals surface area (Å²) in [6, 6.07) is 11.4. The molecule has 0 bridgehead atoms. The van der Waals surface area contributed by atoms with Crippen LogP contribution >= 0.6 is 15.9 Å². The number of methoxy groups -OCH3 is 1. The van der Waals surface area contributed by atoms with E-state index >= 15 is 0 Å². The van der Waals surface area contributed by atoms with E-state index in [1.54, 1.807) is 25.1 Å². The van der Waals surface area contributed by atoms with Crippen molar-refractivity contribution in [1.29, 1.82) is 0 Å². The highest BCUT2D eigenvalue weighted by Gasteiger charge is 2.40. The molecule has 1 aliphatic heterocycles. The van der Waals surface area contributed by atoms with Crippen LogP contribution < -0.4 is 10.1 Å². The molecule has 1 aliphatic rings. The van der Waals surface area contributed by atoms with Gasteiger partial charge in [-0.1, -0.05) is 18.2 Å². The summed E-state index contributed by atoms with van der Waals surface area (Å²) in [7, 11) is -2.33. The lowest BCUT2D eigenvalue weighted by Gasteiger charge is -2.24. The second-order valence-corrected chi connectivity index (χ2v) is 9.09. The molecular formula is C19H21BrN2O4S. The predicted octanol–water partition coefficient (Wildman–Crippen LogP) is 3.56. The Balaban J connectivity index is 1.89. The molecule has 1 fully saturated rings. The Hall–Kier alpha value is -1.90. The predicted molar refractivity (Wildman–Crippen MR) is 107 cm³/mol. The number of hydrogen-bond acceptors (Lipinski definition) is 4. The first-order valence-corrected chi connectivity index (χ1v) is 10.8. The highest BCUT2D eigenvalue weighted by molar-refractivity contribution is 9.10. The number of para-hydroxylation sites is 1. The van der Waals surface area contributed by atoms with Gasteiger partial charge >= 0.3 is 0 Å². The Kier molecular flexibility index (Phi) is 5.88. The second-order valence-electron chi connectivity index (χ2n) is 6.37. The number of anilines is 1. The lowest BCUT2D eigenvalue weighted by atomic mass is 10.2. The summed E-state index contributed by atoms with van der Waals surface area (Å²) in [5.74, 6) is 0.135. The Labute approximate surface area is 167 Å². The maximum atomic E-state index is 13.2. The largest absolute Gasteiger partial charge is 0.497 e. The van der Waals surface area contributed by atoms with Crippen molar-refractivity contribution in [3.8, 4) is 5.75 Å². The van der Waals surface area contributed by atoms with E-state index in [-0.39, 0.29) is 10.8 Å². The standard InChI is InChI=1S/C19H21BrN2O4S/c1-13-9-10-14(26-2)12-18(13)27(24,25)22-11-5-8-17(22)19(23)21-16-7-4-3-6-15(16)20/h3-4,6-7,9-10,12,17H,5,8,11H2,1-2H3,(H,21,23). The SMILES string of the molecule is COc1ccc(C)c(S(=O)(=O)N2CCCC2C(=O)Nc2ccccc2Br)c1. The van der Waals surface area contributed by atoms with Gasteiger partial charge in [0.1, 0.15) is 11.8 Å². The van der Waals surface area contributed by atoms with Gasteiger partial charge in [0.15, 0.2) is 0 Å². The van der Waals surface area contributed by atoms with Gasteiger partial charge in [0, 0.05) is 17.1 Å². The summed E-state index contributed by atoms with van der Waals surface area (Å²) < 4.78 is 33.7. The fraction of sp³-hybridized carbons (Fsp3) is 0.316. The molecular weight excluding hydrogens is 432 g/mol. The fourth-order valence-corrected chi connectivity index (χ4v) is 5.46. The smallest absolute Gasteiger partial charge is 0.244 e. The van der Waals surface area contributed by atoms with Gasteiger partial charge in [0.2, 0.25) is 15.9 Å². The molecule has 2 aromatic rings. The van der Waals surface area contributed by atoms with Crippen molar-refractivity contribution in [2.24, 2.45) is 0 Å². The van der Waals surface area contributed by atoms with Gasteiger partial charge < -0.3 is 10.1 Å². The van der Waals surface area contributed by atoms with E-state index in [1.165, 1.54) is 17.5 Å². The topological polar surface area (TPSA) is 75.7 Å². The number of aryl methyl sites for hydroxylation is 1. The molecule has 0 radical (unpaired) electrons. The van der Waals surface area contributed by atoms with Crippen LogP contribution in [0.25, 0.3) is 0 Å². The highest BCUT2D eigenvalue weighted by atomic mass is 79.9. The molecule has 1 saturated heterocycles. The van der Waals surface area contributed by atoms with Crippen molar-refractivity contribution >= 4 is 37.5 Å². The number of carbonyl (C=O) groups excluding carboxylic acids is 1. The van der Waals surface area contributed by atoms with Crippen LogP contribution in [0.5, 0.6) is 5.75 Å². The fourth-order valence-electron chi connectivity index (χ4n) is 3.18. The van der Waals surface area contributed by atoms with Crippen LogP contribution in [0.1, 0.15) is 18.4 Å². The molecule has 0 aromatic heterocycles. The monoisotopic (exact) mass is 452 g/mol. The van der Waals surface area contributed by atoms with E-state index in [2.05, 4.69) is 21.2 Å². The Morgan fingerprint density at radius 2 is 2.00 bits per heavy atom. The van der Waals surface area contributed by atoms with Crippen molar-refractivity contribution in [3.05, 3.63) is 52.5 Å². The van der Waals surface area contributed by atoms with E-state index in [4.69, 9.17) is 4.74 Å². The molecule has 0 saturated carbocycles. The molecule has 1 atom stereocenters. The first kappa shape index (κ1) is 19.9. The minimum Gasteiger partial charge on any atom is -0.497 e. The lowest BCUT2D eigenvalue weighted by molar-refractivity contribution is -0.119. The first-order chi connectivity index (χ1) is 12.8. The maximum absolute atomic E-state index is 13.2. The minimum absolute atomic E-state index is 0.169. The molecule has 8 heteroatoms.